The van der Waals surface area contributed by atoms with Gasteiger partial charge in [0.05, 0.1) is 10.7 Å². The Morgan fingerprint density at radius 1 is 1.19 bits per heavy atom. The highest BCUT2D eigenvalue weighted by Crippen LogP contribution is 2.28. The molecule has 1 N–H and O–H groups in total. The summed E-state index contributed by atoms with van der Waals surface area (Å²) < 4.78 is 0. The molecule has 110 valence electrons. The number of carboxylic acids is 1. The van der Waals surface area contributed by atoms with Crippen molar-refractivity contribution in [2.24, 2.45) is 0 Å². The van der Waals surface area contributed by atoms with E-state index in [1.54, 1.807) is 5.38 Å². The van der Waals surface area contributed by atoms with Crippen molar-refractivity contribution in [3.63, 3.8) is 0 Å². The molecule has 0 spiro atoms. The van der Waals surface area contributed by atoms with Crippen molar-refractivity contribution in [1.29, 1.82) is 0 Å². The summed E-state index contributed by atoms with van der Waals surface area (Å²) in [5.74, 6) is -0.979. The average Bonchev–Trinajstić information content (AvgIpc) is 2.98. The van der Waals surface area contributed by atoms with Crippen LogP contribution in [0.15, 0.2) is 29.6 Å². The van der Waals surface area contributed by atoms with Gasteiger partial charge < -0.3 is 14.9 Å². The molecule has 0 radical (unpaired) electrons. The van der Waals surface area contributed by atoms with E-state index < -0.39 is 5.97 Å². The molecule has 0 unspecified atom stereocenters. The van der Waals surface area contributed by atoms with Gasteiger partial charge in [0.15, 0.2) is 10.8 Å². The summed E-state index contributed by atoms with van der Waals surface area (Å²) in [4.78, 5) is 19.4. The molecule has 0 aliphatic carbocycles. The van der Waals surface area contributed by atoms with Gasteiger partial charge in [0.1, 0.15) is 0 Å². The minimum atomic E-state index is -0.979. The first-order valence-electron chi connectivity index (χ1n) is 6.58. The summed E-state index contributed by atoms with van der Waals surface area (Å²) >= 11 is 7.59. The maximum Gasteiger partial charge on any atom is 0.355 e. The number of nitrogens with zero attached hydrogens (tertiary/aromatic N) is 3. The summed E-state index contributed by atoms with van der Waals surface area (Å²) in [7, 11) is 0. The number of carbonyl (C=O) groups is 1. The molecule has 5 nitrogen and oxygen atoms in total. The molecule has 1 aliphatic heterocycles. The number of aromatic carboxylic acids is 1. The topological polar surface area (TPSA) is 56.7 Å². The van der Waals surface area contributed by atoms with Gasteiger partial charge in [-0.25, -0.2) is 9.78 Å². The van der Waals surface area contributed by atoms with Crippen molar-refractivity contribution < 1.29 is 9.90 Å². The number of rotatable bonds is 3. The fraction of sp³-hybridized carbons (Fsp3) is 0.286. The summed E-state index contributed by atoms with van der Waals surface area (Å²) in [6.45, 7) is 3.28. The van der Waals surface area contributed by atoms with E-state index in [2.05, 4.69) is 14.8 Å². The minimum Gasteiger partial charge on any atom is -0.476 e. The lowest BCUT2D eigenvalue weighted by molar-refractivity contribution is 0.0691. The van der Waals surface area contributed by atoms with Crippen LogP contribution in [0.1, 0.15) is 10.5 Å². The van der Waals surface area contributed by atoms with Gasteiger partial charge in [0.2, 0.25) is 0 Å². The van der Waals surface area contributed by atoms with Gasteiger partial charge in [0, 0.05) is 31.6 Å². The molecule has 0 atom stereocenters. The van der Waals surface area contributed by atoms with Crippen LogP contribution >= 0.6 is 22.9 Å². The smallest absolute Gasteiger partial charge is 0.355 e. The third-order valence-corrected chi connectivity index (χ3v) is 4.68. The quantitative estimate of drug-likeness (QED) is 0.941. The maximum atomic E-state index is 10.9. The Bertz CT molecular complexity index is 653. The van der Waals surface area contributed by atoms with Crippen molar-refractivity contribution in [1.82, 2.24) is 4.98 Å². The second-order valence-corrected chi connectivity index (χ2v) is 5.99. The Kier molecular flexibility index (Phi) is 3.98. The molecule has 0 bridgehead atoms. The van der Waals surface area contributed by atoms with Crippen LogP contribution in [-0.4, -0.2) is 42.2 Å². The SMILES string of the molecule is O=C(O)c1csc(N2CCN(c3ccccc3Cl)CC2)n1. The molecule has 2 aromatic rings. The van der Waals surface area contributed by atoms with E-state index >= 15 is 0 Å². The van der Waals surface area contributed by atoms with E-state index in [9.17, 15) is 4.79 Å². The minimum absolute atomic E-state index is 0.114. The number of benzene rings is 1. The van der Waals surface area contributed by atoms with Gasteiger partial charge >= 0.3 is 5.97 Å². The highest BCUT2D eigenvalue weighted by Gasteiger charge is 2.21. The first-order valence-corrected chi connectivity index (χ1v) is 7.84. The number of halogens is 1. The first-order chi connectivity index (χ1) is 10.1. The third-order valence-electron chi connectivity index (χ3n) is 3.45. The molecule has 3 rings (SSSR count). The van der Waals surface area contributed by atoms with Crippen molar-refractivity contribution in [3.05, 3.63) is 40.4 Å². The van der Waals surface area contributed by atoms with Gasteiger partial charge in [-0.1, -0.05) is 23.7 Å². The van der Waals surface area contributed by atoms with E-state index in [0.717, 1.165) is 42.0 Å². The fourth-order valence-corrected chi connectivity index (χ4v) is 3.46. The summed E-state index contributed by atoms with van der Waals surface area (Å²) in [5, 5.41) is 12.0. The van der Waals surface area contributed by atoms with Gasteiger partial charge in [-0.05, 0) is 12.1 Å². The van der Waals surface area contributed by atoms with Crippen LogP contribution in [0.2, 0.25) is 5.02 Å². The number of para-hydroxylation sites is 1. The number of anilines is 2. The zero-order valence-electron chi connectivity index (χ0n) is 11.2. The molecular formula is C14H14ClN3O2S. The molecule has 0 amide bonds. The van der Waals surface area contributed by atoms with E-state index in [1.165, 1.54) is 11.3 Å². The van der Waals surface area contributed by atoms with E-state index in [0.29, 0.717) is 0 Å². The lowest BCUT2D eigenvalue weighted by Gasteiger charge is -2.36. The van der Waals surface area contributed by atoms with Crippen LogP contribution < -0.4 is 9.80 Å². The summed E-state index contributed by atoms with van der Waals surface area (Å²) in [5.41, 5.74) is 1.16. The lowest BCUT2D eigenvalue weighted by atomic mass is 10.2. The molecule has 1 fully saturated rings. The van der Waals surface area contributed by atoms with Crippen LogP contribution in [0.3, 0.4) is 0 Å². The number of piperazine rings is 1. The van der Waals surface area contributed by atoms with Crippen LogP contribution in [0, 0.1) is 0 Å². The molecule has 1 aromatic heterocycles. The molecule has 7 heteroatoms. The predicted molar refractivity (Wildman–Crippen MR) is 85.0 cm³/mol. The van der Waals surface area contributed by atoms with Gasteiger partial charge in [-0.15, -0.1) is 11.3 Å². The predicted octanol–water partition coefficient (Wildman–Crippen LogP) is 2.82. The Hall–Kier alpha value is -1.79. The second-order valence-electron chi connectivity index (χ2n) is 4.75. The maximum absolute atomic E-state index is 10.9. The van der Waals surface area contributed by atoms with E-state index in [-0.39, 0.29) is 5.69 Å². The average molecular weight is 324 g/mol. The Balaban J connectivity index is 1.67. The van der Waals surface area contributed by atoms with Crippen LogP contribution in [0.5, 0.6) is 0 Å². The fourth-order valence-electron chi connectivity index (χ4n) is 2.35. The molecular weight excluding hydrogens is 310 g/mol. The standard InChI is InChI=1S/C14H14ClN3O2S/c15-10-3-1-2-4-12(10)17-5-7-18(8-6-17)14-16-11(9-21-14)13(19)20/h1-4,9H,5-8H2,(H,19,20). The van der Waals surface area contributed by atoms with Crippen LogP contribution in [-0.2, 0) is 0 Å². The van der Waals surface area contributed by atoms with Gasteiger partial charge in [0.25, 0.3) is 0 Å². The van der Waals surface area contributed by atoms with E-state index in [4.69, 9.17) is 16.7 Å². The number of aromatic nitrogens is 1. The second kappa shape index (κ2) is 5.91. The zero-order chi connectivity index (χ0) is 14.8. The van der Waals surface area contributed by atoms with Crippen molar-refractivity contribution in [3.8, 4) is 0 Å². The Morgan fingerprint density at radius 3 is 2.48 bits per heavy atom. The van der Waals surface area contributed by atoms with Crippen molar-refractivity contribution >= 4 is 39.7 Å². The van der Waals surface area contributed by atoms with Crippen LogP contribution in [0.25, 0.3) is 0 Å². The monoisotopic (exact) mass is 323 g/mol. The van der Waals surface area contributed by atoms with Crippen LogP contribution in [0.4, 0.5) is 10.8 Å². The zero-order valence-corrected chi connectivity index (χ0v) is 12.8. The number of hydrogen-bond donors (Lipinski definition) is 1. The normalized spacial score (nSPS) is 15.3. The molecule has 2 heterocycles. The highest BCUT2D eigenvalue weighted by molar-refractivity contribution is 7.13. The molecule has 0 saturated carbocycles. The lowest BCUT2D eigenvalue weighted by Crippen LogP contribution is -2.46. The number of thiazole rings is 1. The summed E-state index contributed by atoms with van der Waals surface area (Å²) in [6, 6.07) is 7.81. The first kappa shape index (κ1) is 14.2. The molecule has 1 saturated heterocycles. The van der Waals surface area contributed by atoms with E-state index in [1.807, 2.05) is 24.3 Å². The summed E-state index contributed by atoms with van der Waals surface area (Å²) in [6.07, 6.45) is 0. The largest absolute Gasteiger partial charge is 0.476 e. The molecule has 1 aromatic carbocycles. The Morgan fingerprint density at radius 2 is 1.86 bits per heavy atom. The Labute approximate surface area is 131 Å². The molecule has 21 heavy (non-hydrogen) atoms. The molecule has 1 aliphatic rings. The van der Waals surface area contributed by atoms with Crippen molar-refractivity contribution in [2.45, 2.75) is 0 Å². The van der Waals surface area contributed by atoms with Crippen molar-refractivity contribution in [2.75, 3.05) is 36.0 Å². The van der Waals surface area contributed by atoms with Gasteiger partial charge in [-0.3, -0.25) is 0 Å². The third kappa shape index (κ3) is 2.96. The highest BCUT2D eigenvalue weighted by atomic mass is 35.5. The number of carboxylic acid groups (broad SMARTS) is 1. The van der Waals surface area contributed by atoms with Gasteiger partial charge in [-0.2, -0.15) is 0 Å². The number of hydrogen-bond acceptors (Lipinski definition) is 5.